The summed E-state index contributed by atoms with van der Waals surface area (Å²) in [6.45, 7) is 2.16. The normalized spacial score (nSPS) is 11.0. The van der Waals surface area contributed by atoms with E-state index in [4.69, 9.17) is 0 Å². The predicted molar refractivity (Wildman–Crippen MR) is 98.4 cm³/mol. The number of pyridine rings is 1. The van der Waals surface area contributed by atoms with E-state index < -0.39 is 0 Å². The number of aromatic nitrogens is 5. The second kappa shape index (κ2) is 6.84. The Morgan fingerprint density at radius 1 is 1.08 bits per heavy atom. The lowest BCUT2D eigenvalue weighted by Gasteiger charge is -2.06. The molecule has 6 nitrogen and oxygen atoms in total. The lowest BCUT2D eigenvalue weighted by atomic mass is 10.1. The molecule has 6 heteroatoms. The molecule has 0 unspecified atom stereocenters. The maximum Gasteiger partial charge on any atom is 0.160 e. The largest absolute Gasteiger partial charge is 0.328 e. The standard InChI is InChI=1S/C20H17N5O/c1-14-22-7-8-25(14)13-18(26)10-20-23-12-17-5-4-15(9-19(17)24-20)16-3-2-6-21-11-16/h2-9,11-12H,10,13H2,1H3. The predicted octanol–water partition coefficient (Wildman–Crippen LogP) is 3.01. The highest BCUT2D eigenvalue weighted by Crippen LogP contribution is 2.22. The summed E-state index contributed by atoms with van der Waals surface area (Å²) in [5, 5.41) is 0.944. The molecule has 4 aromatic rings. The van der Waals surface area contributed by atoms with E-state index in [0.717, 1.165) is 27.9 Å². The van der Waals surface area contributed by atoms with Gasteiger partial charge in [-0.2, -0.15) is 0 Å². The monoisotopic (exact) mass is 343 g/mol. The Morgan fingerprint density at radius 3 is 2.77 bits per heavy atom. The van der Waals surface area contributed by atoms with Crippen LogP contribution in [-0.4, -0.2) is 30.3 Å². The highest BCUT2D eigenvalue weighted by atomic mass is 16.1. The SMILES string of the molecule is Cc1nccn1CC(=O)Cc1ncc2ccc(-c3cccnc3)cc2n1. The first-order valence-electron chi connectivity index (χ1n) is 8.34. The van der Waals surface area contributed by atoms with Gasteiger partial charge in [0.15, 0.2) is 5.78 Å². The van der Waals surface area contributed by atoms with Gasteiger partial charge in [0.25, 0.3) is 0 Å². The van der Waals surface area contributed by atoms with Crippen molar-refractivity contribution in [3.63, 3.8) is 0 Å². The van der Waals surface area contributed by atoms with E-state index in [0.29, 0.717) is 5.82 Å². The Balaban J connectivity index is 1.58. The first-order valence-corrected chi connectivity index (χ1v) is 8.34. The van der Waals surface area contributed by atoms with Gasteiger partial charge in [0.1, 0.15) is 11.6 Å². The van der Waals surface area contributed by atoms with Gasteiger partial charge in [-0.3, -0.25) is 9.78 Å². The molecule has 0 spiro atoms. The molecule has 0 aliphatic rings. The van der Waals surface area contributed by atoms with Crippen molar-refractivity contribution in [2.75, 3.05) is 0 Å². The average Bonchev–Trinajstić information content (AvgIpc) is 3.06. The van der Waals surface area contributed by atoms with E-state index in [1.807, 2.05) is 48.0 Å². The summed E-state index contributed by atoms with van der Waals surface area (Å²) in [6.07, 6.45) is 9.02. The second-order valence-electron chi connectivity index (χ2n) is 6.12. The molecular formula is C20H17N5O. The van der Waals surface area contributed by atoms with Crippen LogP contribution in [0.1, 0.15) is 11.6 Å². The summed E-state index contributed by atoms with van der Waals surface area (Å²) in [4.78, 5) is 29.5. The van der Waals surface area contributed by atoms with E-state index in [-0.39, 0.29) is 18.7 Å². The molecule has 4 rings (SSSR count). The quantitative estimate of drug-likeness (QED) is 0.557. The number of fused-ring (bicyclic) bond motifs is 1. The fraction of sp³-hybridized carbons (Fsp3) is 0.150. The number of carbonyl (C=O) groups is 1. The first-order chi connectivity index (χ1) is 12.7. The van der Waals surface area contributed by atoms with Gasteiger partial charge >= 0.3 is 0 Å². The van der Waals surface area contributed by atoms with Crippen LogP contribution >= 0.6 is 0 Å². The van der Waals surface area contributed by atoms with Crippen LogP contribution < -0.4 is 0 Å². The summed E-state index contributed by atoms with van der Waals surface area (Å²) in [7, 11) is 0. The highest BCUT2D eigenvalue weighted by molar-refractivity contribution is 5.84. The van der Waals surface area contributed by atoms with Gasteiger partial charge in [-0.25, -0.2) is 15.0 Å². The van der Waals surface area contributed by atoms with Gasteiger partial charge in [-0.15, -0.1) is 0 Å². The minimum Gasteiger partial charge on any atom is -0.328 e. The maximum absolute atomic E-state index is 12.3. The number of rotatable bonds is 5. The number of ketones is 1. The number of nitrogens with zero attached hydrogens (tertiary/aromatic N) is 5. The van der Waals surface area contributed by atoms with Crippen molar-refractivity contribution in [2.45, 2.75) is 19.9 Å². The molecular weight excluding hydrogens is 326 g/mol. The number of hydrogen-bond acceptors (Lipinski definition) is 5. The smallest absolute Gasteiger partial charge is 0.160 e. The summed E-state index contributed by atoms with van der Waals surface area (Å²) in [6, 6.07) is 9.92. The molecule has 0 bridgehead atoms. The number of aryl methyl sites for hydroxylation is 1. The molecule has 0 amide bonds. The van der Waals surface area contributed by atoms with Crippen LogP contribution in [0.25, 0.3) is 22.0 Å². The summed E-state index contributed by atoms with van der Waals surface area (Å²) < 4.78 is 1.82. The molecule has 0 fully saturated rings. The van der Waals surface area contributed by atoms with Gasteiger partial charge in [0, 0.05) is 41.9 Å². The van der Waals surface area contributed by atoms with Crippen molar-refractivity contribution in [2.24, 2.45) is 0 Å². The zero-order chi connectivity index (χ0) is 17.9. The number of hydrogen-bond donors (Lipinski definition) is 0. The van der Waals surface area contributed by atoms with Crippen LogP contribution in [0.15, 0.2) is 61.3 Å². The molecule has 0 saturated heterocycles. The third kappa shape index (κ3) is 3.35. The Morgan fingerprint density at radius 2 is 2.00 bits per heavy atom. The van der Waals surface area contributed by atoms with Crippen LogP contribution in [0.5, 0.6) is 0 Å². The molecule has 0 radical (unpaired) electrons. The van der Waals surface area contributed by atoms with Gasteiger partial charge in [-0.05, 0) is 24.6 Å². The fourth-order valence-electron chi connectivity index (χ4n) is 2.85. The lowest BCUT2D eigenvalue weighted by molar-refractivity contribution is -0.119. The Labute approximate surface area is 150 Å². The summed E-state index contributed by atoms with van der Waals surface area (Å²) in [5.41, 5.74) is 2.89. The Bertz CT molecular complexity index is 1070. The van der Waals surface area contributed by atoms with Crippen molar-refractivity contribution in [1.29, 1.82) is 0 Å². The molecule has 0 saturated carbocycles. The zero-order valence-corrected chi connectivity index (χ0v) is 14.3. The van der Waals surface area contributed by atoms with Gasteiger partial charge in [0.2, 0.25) is 0 Å². The molecule has 0 aliphatic carbocycles. The first kappa shape index (κ1) is 16.1. The molecule has 0 atom stereocenters. The number of carbonyl (C=O) groups excluding carboxylic acids is 1. The van der Waals surface area contributed by atoms with Gasteiger partial charge in [0.05, 0.1) is 18.5 Å². The molecule has 3 heterocycles. The van der Waals surface area contributed by atoms with Crippen LogP contribution in [0.4, 0.5) is 0 Å². The van der Waals surface area contributed by atoms with Crippen LogP contribution in [0, 0.1) is 6.92 Å². The topological polar surface area (TPSA) is 73.6 Å². The van der Waals surface area contributed by atoms with E-state index in [9.17, 15) is 4.79 Å². The van der Waals surface area contributed by atoms with Crippen molar-refractivity contribution < 1.29 is 4.79 Å². The van der Waals surface area contributed by atoms with Crippen LogP contribution in [0.3, 0.4) is 0 Å². The van der Waals surface area contributed by atoms with Crippen LogP contribution in [-0.2, 0) is 17.8 Å². The van der Waals surface area contributed by atoms with Crippen molar-refractivity contribution >= 4 is 16.7 Å². The van der Waals surface area contributed by atoms with Gasteiger partial charge < -0.3 is 4.57 Å². The Kier molecular flexibility index (Phi) is 4.23. The lowest BCUT2D eigenvalue weighted by Crippen LogP contribution is -2.14. The fourth-order valence-corrected chi connectivity index (χ4v) is 2.85. The van der Waals surface area contributed by atoms with Crippen LogP contribution in [0.2, 0.25) is 0 Å². The summed E-state index contributed by atoms with van der Waals surface area (Å²) >= 11 is 0. The van der Waals surface area contributed by atoms with Crippen molar-refractivity contribution in [3.8, 4) is 11.1 Å². The maximum atomic E-state index is 12.3. The van der Waals surface area contributed by atoms with Gasteiger partial charge in [-0.1, -0.05) is 18.2 Å². The Hall–Kier alpha value is -3.41. The summed E-state index contributed by atoms with van der Waals surface area (Å²) in [5.74, 6) is 1.40. The average molecular weight is 343 g/mol. The second-order valence-corrected chi connectivity index (χ2v) is 6.12. The molecule has 1 aromatic carbocycles. The molecule has 3 aromatic heterocycles. The molecule has 128 valence electrons. The number of Topliss-reactive ketones (excluding diaryl/α,β-unsaturated/α-hetero) is 1. The van der Waals surface area contributed by atoms with E-state index in [1.54, 1.807) is 24.8 Å². The van der Waals surface area contributed by atoms with E-state index in [1.165, 1.54) is 0 Å². The number of imidazole rings is 1. The number of benzene rings is 1. The molecule has 26 heavy (non-hydrogen) atoms. The minimum atomic E-state index is 0.0499. The van der Waals surface area contributed by atoms with E-state index >= 15 is 0 Å². The van der Waals surface area contributed by atoms with E-state index in [2.05, 4.69) is 19.9 Å². The highest BCUT2D eigenvalue weighted by Gasteiger charge is 2.10. The minimum absolute atomic E-state index is 0.0499. The third-order valence-corrected chi connectivity index (χ3v) is 4.25. The zero-order valence-electron chi connectivity index (χ0n) is 14.3. The molecule has 0 aliphatic heterocycles. The molecule has 0 N–H and O–H groups in total. The third-order valence-electron chi connectivity index (χ3n) is 4.25. The van der Waals surface area contributed by atoms with Crippen molar-refractivity contribution in [1.82, 2.24) is 24.5 Å². The van der Waals surface area contributed by atoms with Crippen molar-refractivity contribution in [3.05, 3.63) is 73.0 Å².